The topological polar surface area (TPSA) is 44.8 Å². The van der Waals surface area contributed by atoms with Crippen molar-refractivity contribution in [3.05, 3.63) is 59.7 Å². The van der Waals surface area contributed by atoms with Crippen molar-refractivity contribution < 1.29 is 9.53 Å². The SMILES string of the molecule is COc1ccccc1N1CCN(Cc2ccc(C(=O)NC(C(C)C)C(C)C)cc2)CC1. The highest BCUT2D eigenvalue weighted by Gasteiger charge is 2.21. The number of benzene rings is 2. The molecule has 0 spiro atoms. The fourth-order valence-electron chi connectivity index (χ4n) is 4.40. The van der Waals surface area contributed by atoms with Crippen molar-refractivity contribution in [1.82, 2.24) is 10.2 Å². The Hall–Kier alpha value is -2.53. The Labute approximate surface area is 187 Å². The molecule has 1 fully saturated rings. The Kier molecular flexibility index (Phi) is 7.97. The van der Waals surface area contributed by atoms with E-state index in [4.69, 9.17) is 4.74 Å². The van der Waals surface area contributed by atoms with E-state index in [9.17, 15) is 4.79 Å². The van der Waals surface area contributed by atoms with Gasteiger partial charge in [0.15, 0.2) is 0 Å². The average molecular weight is 424 g/mol. The first-order valence-electron chi connectivity index (χ1n) is 11.4. The van der Waals surface area contributed by atoms with Crippen molar-refractivity contribution in [2.24, 2.45) is 11.8 Å². The molecule has 31 heavy (non-hydrogen) atoms. The Morgan fingerprint density at radius 2 is 1.55 bits per heavy atom. The number of carbonyl (C=O) groups is 1. The van der Waals surface area contributed by atoms with Gasteiger partial charge in [0.25, 0.3) is 5.91 Å². The number of methoxy groups -OCH3 is 1. The molecule has 3 rings (SSSR count). The Bertz CT molecular complexity index is 832. The molecule has 5 nitrogen and oxygen atoms in total. The van der Waals surface area contributed by atoms with Crippen LogP contribution < -0.4 is 15.0 Å². The molecule has 1 aliphatic heterocycles. The zero-order chi connectivity index (χ0) is 22.4. The van der Waals surface area contributed by atoms with E-state index in [1.165, 1.54) is 11.3 Å². The second-order valence-corrected chi connectivity index (χ2v) is 9.12. The highest BCUT2D eigenvalue weighted by Crippen LogP contribution is 2.28. The molecule has 5 heteroatoms. The van der Waals surface area contributed by atoms with Crippen LogP contribution >= 0.6 is 0 Å². The zero-order valence-corrected chi connectivity index (χ0v) is 19.6. The zero-order valence-electron chi connectivity index (χ0n) is 19.6. The maximum Gasteiger partial charge on any atom is 0.251 e. The predicted octanol–water partition coefficient (Wildman–Crippen LogP) is 4.43. The molecule has 0 radical (unpaired) electrons. The van der Waals surface area contributed by atoms with Gasteiger partial charge in [-0.2, -0.15) is 0 Å². The van der Waals surface area contributed by atoms with E-state index >= 15 is 0 Å². The lowest BCUT2D eigenvalue weighted by molar-refractivity contribution is 0.0910. The van der Waals surface area contributed by atoms with E-state index in [1.807, 2.05) is 24.3 Å². The largest absolute Gasteiger partial charge is 0.495 e. The minimum Gasteiger partial charge on any atom is -0.495 e. The van der Waals surface area contributed by atoms with Crippen molar-refractivity contribution in [3.63, 3.8) is 0 Å². The summed E-state index contributed by atoms with van der Waals surface area (Å²) in [5, 5.41) is 3.20. The summed E-state index contributed by atoms with van der Waals surface area (Å²) in [5.74, 6) is 1.78. The molecule has 1 amide bonds. The molecule has 0 aromatic heterocycles. The summed E-state index contributed by atoms with van der Waals surface area (Å²) in [6.45, 7) is 13.5. The maximum absolute atomic E-state index is 12.7. The van der Waals surface area contributed by atoms with Crippen molar-refractivity contribution in [3.8, 4) is 5.75 Å². The van der Waals surface area contributed by atoms with E-state index in [0.717, 1.165) is 44.0 Å². The summed E-state index contributed by atoms with van der Waals surface area (Å²) in [7, 11) is 1.73. The van der Waals surface area contributed by atoms with Crippen LogP contribution in [0.25, 0.3) is 0 Å². The number of rotatable bonds is 8. The normalized spacial score (nSPS) is 15.0. The van der Waals surface area contributed by atoms with Crippen LogP contribution in [-0.2, 0) is 6.54 Å². The van der Waals surface area contributed by atoms with Crippen LogP contribution in [0.15, 0.2) is 48.5 Å². The molecule has 1 aliphatic rings. The van der Waals surface area contributed by atoms with E-state index in [2.05, 4.69) is 67.1 Å². The predicted molar refractivity (Wildman–Crippen MR) is 128 cm³/mol. The lowest BCUT2D eigenvalue weighted by Crippen LogP contribution is -2.46. The molecule has 2 aromatic rings. The molecular weight excluding hydrogens is 386 g/mol. The summed E-state index contributed by atoms with van der Waals surface area (Å²) < 4.78 is 5.51. The molecule has 0 bridgehead atoms. The molecule has 2 aromatic carbocycles. The van der Waals surface area contributed by atoms with Gasteiger partial charge in [-0.1, -0.05) is 52.0 Å². The summed E-state index contributed by atoms with van der Waals surface area (Å²) in [6, 6.07) is 16.5. The molecule has 0 unspecified atom stereocenters. The number of anilines is 1. The Morgan fingerprint density at radius 1 is 0.935 bits per heavy atom. The van der Waals surface area contributed by atoms with Crippen LogP contribution in [0.1, 0.15) is 43.6 Å². The van der Waals surface area contributed by atoms with Crippen LogP contribution in [0.4, 0.5) is 5.69 Å². The first-order chi connectivity index (χ1) is 14.9. The third-order valence-corrected chi connectivity index (χ3v) is 6.15. The first-order valence-corrected chi connectivity index (χ1v) is 11.4. The maximum atomic E-state index is 12.7. The van der Waals surface area contributed by atoms with Crippen molar-refractivity contribution in [2.45, 2.75) is 40.3 Å². The lowest BCUT2D eigenvalue weighted by Gasteiger charge is -2.36. The fourth-order valence-corrected chi connectivity index (χ4v) is 4.40. The molecule has 1 saturated heterocycles. The van der Waals surface area contributed by atoms with Crippen molar-refractivity contribution >= 4 is 11.6 Å². The van der Waals surface area contributed by atoms with Crippen LogP contribution in [0.3, 0.4) is 0 Å². The van der Waals surface area contributed by atoms with Gasteiger partial charge in [0.05, 0.1) is 12.8 Å². The fraction of sp³-hybridized carbons (Fsp3) is 0.500. The number of nitrogens with zero attached hydrogens (tertiary/aromatic N) is 2. The molecular formula is C26H37N3O2. The van der Waals surface area contributed by atoms with Gasteiger partial charge in [0.2, 0.25) is 0 Å². The Balaban J connectivity index is 1.53. The first kappa shape index (κ1) is 23.1. The second-order valence-electron chi connectivity index (χ2n) is 9.12. The monoisotopic (exact) mass is 423 g/mol. The average Bonchev–Trinajstić information content (AvgIpc) is 2.78. The highest BCUT2D eigenvalue weighted by atomic mass is 16.5. The van der Waals surface area contributed by atoms with Gasteiger partial charge in [-0.25, -0.2) is 0 Å². The van der Waals surface area contributed by atoms with Gasteiger partial charge in [0, 0.05) is 44.3 Å². The molecule has 0 saturated carbocycles. The third-order valence-electron chi connectivity index (χ3n) is 6.15. The van der Waals surface area contributed by atoms with Crippen LogP contribution in [0.2, 0.25) is 0 Å². The quantitative estimate of drug-likeness (QED) is 0.682. The molecule has 0 atom stereocenters. The van der Waals surface area contributed by atoms with Gasteiger partial charge in [0.1, 0.15) is 5.75 Å². The van der Waals surface area contributed by atoms with E-state index in [-0.39, 0.29) is 11.9 Å². The summed E-state index contributed by atoms with van der Waals surface area (Å²) in [6.07, 6.45) is 0. The van der Waals surface area contributed by atoms with Crippen molar-refractivity contribution in [1.29, 1.82) is 0 Å². The minimum absolute atomic E-state index is 0.0179. The highest BCUT2D eigenvalue weighted by molar-refractivity contribution is 5.94. The molecule has 0 aliphatic carbocycles. The number of hydrogen-bond donors (Lipinski definition) is 1. The van der Waals surface area contributed by atoms with Gasteiger partial charge < -0.3 is 15.0 Å². The smallest absolute Gasteiger partial charge is 0.251 e. The number of hydrogen-bond acceptors (Lipinski definition) is 4. The van der Waals surface area contributed by atoms with E-state index < -0.39 is 0 Å². The summed E-state index contributed by atoms with van der Waals surface area (Å²) in [5.41, 5.74) is 3.14. The Morgan fingerprint density at radius 3 is 2.13 bits per heavy atom. The van der Waals surface area contributed by atoms with Crippen molar-refractivity contribution in [2.75, 3.05) is 38.2 Å². The van der Waals surface area contributed by atoms with Crippen LogP contribution in [0.5, 0.6) is 5.75 Å². The van der Waals surface area contributed by atoms with Gasteiger partial charge in [-0.05, 0) is 41.7 Å². The second kappa shape index (κ2) is 10.7. The molecule has 1 heterocycles. The molecule has 1 N–H and O–H groups in total. The summed E-state index contributed by atoms with van der Waals surface area (Å²) >= 11 is 0. The van der Waals surface area contributed by atoms with Crippen LogP contribution in [0, 0.1) is 11.8 Å². The van der Waals surface area contributed by atoms with Crippen LogP contribution in [-0.4, -0.2) is 50.1 Å². The number of amides is 1. The third kappa shape index (κ3) is 6.01. The number of piperazine rings is 1. The minimum atomic E-state index is 0.0179. The number of ether oxygens (including phenoxy) is 1. The van der Waals surface area contributed by atoms with Gasteiger partial charge in [-0.15, -0.1) is 0 Å². The number of nitrogens with one attached hydrogen (secondary N) is 1. The molecule has 168 valence electrons. The number of carbonyl (C=O) groups excluding carboxylic acids is 1. The van der Waals surface area contributed by atoms with Gasteiger partial charge in [-0.3, -0.25) is 9.69 Å². The summed E-state index contributed by atoms with van der Waals surface area (Å²) in [4.78, 5) is 17.5. The van der Waals surface area contributed by atoms with E-state index in [0.29, 0.717) is 11.8 Å². The van der Waals surface area contributed by atoms with E-state index in [1.54, 1.807) is 7.11 Å². The number of para-hydroxylation sites is 2. The lowest BCUT2D eigenvalue weighted by atomic mass is 9.93. The van der Waals surface area contributed by atoms with Gasteiger partial charge >= 0.3 is 0 Å². The standard InChI is InChI=1S/C26H37N3O2/c1-19(2)25(20(3)4)27-26(30)22-12-10-21(11-13-22)18-28-14-16-29(17-15-28)23-8-6-7-9-24(23)31-5/h6-13,19-20,25H,14-18H2,1-5H3,(H,27,30).